The molecule has 48 heavy (non-hydrogen) atoms. The molecule has 0 aliphatic heterocycles. The molecule has 0 bridgehead atoms. The van der Waals surface area contributed by atoms with Gasteiger partial charge in [-0.3, -0.25) is 4.79 Å². The Bertz CT molecular complexity index is 1390. The summed E-state index contributed by atoms with van der Waals surface area (Å²) in [6, 6.07) is 25.0. The molecule has 4 unspecified atom stereocenters. The van der Waals surface area contributed by atoms with E-state index in [4.69, 9.17) is 10.5 Å². The van der Waals surface area contributed by atoms with Crippen LogP contribution in [-0.2, 0) is 20.5 Å². The number of nitrogens with one attached hydrogen (secondary N) is 2. The van der Waals surface area contributed by atoms with Crippen LogP contribution in [0.5, 0.6) is 0 Å². The van der Waals surface area contributed by atoms with Crippen LogP contribution in [-0.4, -0.2) is 62.5 Å². The number of anilines is 1. The van der Waals surface area contributed by atoms with Crippen LogP contribution < -0.4 is 16.4 Å². The van der Waals surface area contributed by atoms with E-state index in [0.29, 0.717) is 48.9 Å². The van der Waals surface area contributed by atoms with E-state index < -0.39 is 40.7 Å². The predicted molar refractivity (Wildman–Crippen MR) is 194 cm³/mol. The maximum Gasteiger partial charge on any atom is 0.408 e. The van der Waals surface area contributed by atoms with Crippen molar-refractivity contribution in [3.05, 3.63) is 96.1 Å². The number of nitrogens with zero attached hydrogens (tertiary/aromatic N) is 1. The Morgan fingerprint density at radius 2 is 1.44 bits per heavy atom. The lowest BCUT2D eigenvalue weighted by Crippen LogP contribution is -2.51. The maximum atomic E-state index is 13.9. The Balaban J connectivity index is 1.74. The molecule has 0 aromatic heterocycles. The Labute approximate surface area is 289 Å². The number of hydrogen-bond donors (Lipinski definition) is 4. The summed E-state index contributed by atoms with van der Waals surface area (Å²) < 4.78 is 21.2. The summed E-state index contributed by atoms with van der Waals surface area (Å²) in [6.07, 6.45) is 1.33. The second-order valence-corrected chi connectivity index (χ2v) is 15.1. The molecule has 3 aromatic rings. The fourth-order valence-electron chi connectivity index (χ4n) is 5.54. The van der Waals surface area contributed by atoms with Gasteiger partial charge in [0, 0.05) is 30.7 Å². The lowest BCUT2D eigenvalue weighted by molar-refractivity contribution is -0.123. The van der Waals surface area contributed by atoms with Gasteiger partial charge in [0.1, 0.15) is 22.6 Å². The van der Waals surface area contributed by atoms with Crippen molar-refractivity contribution in [2.24, 2.45) is 5.92 Å². The zero-order valence-corrected chi connectivity index (χ0v) is 30.0. The zero-order chi connectivity index (χ0) is 35.3. The van der Waals surface area contributed by atoms with Crippen molar-refractivity contribution in [2.45, 2.75) is 102 Å². The molecule has 5 N–H and O–H groups in total. The fourth-order valence-corrected chi connectivity index (χ4v) is 6.97. The van der Waals surface area contributed by atoms with Crippen LogP contribution in [0.15, 0.2) is 89.8 Å². The molecule has 0 heterocycles. The van der Waals surface area contributed by atoms with Crippen molar-refractivity contribution in [1.29, 1.82) is 0 Å². The monoisotopic (exact) mass is 678 g/mol. The average molecular weight is 679 g/mol. The Kier molecular flexibility index (Phi) is 15.1. The topological polar surface area (TPSA) is 134 Å². The number of aliphatic hydroxyl groups is 1. The third-order valence-corrected chi connectivity index (χ3v) is 9.53. The Hall–Kier alpha value is -3.73. The zero-order valence-electron chi connectivity index (χ0n) is 29.2. The van der Waals surface area contributed by atoms with Crippen molar-refractivity contribution >= 4 is 28.7 Å². The van der Waals surface area contributed by atoms with E-state index in [1.54, 1.807) is 52.0 Å². The standard InChI is InChI=1S/C38H54N4O5S/c1-27(2)24-26-42(48(46)32-22-20-31(39)21-23-32)33(28(3)43)19-13-14-25-40-36(44)35(41-37(45)47-38(4,5)6)34(29-15-9-7-10-16-29)30-17-11-8-12-18-30/h7-12,15-18,20-23,27-28,33-35,43H,13-14,19,24-26,39H2,1-6H3,(H,40,44)(H,41,45). The van der Waals surface area contributed by atoms with Gasteiger partial charge < -0.3 is 26.2 Å². The predicted octanol–water partition coefficient (Wildman–Crippen LogP) is 6.40. The van der Waals surface area contributed by atoms with Crippen molar-refractivity contribution in [1.82, 2.24) is 14.9 Å². The van der Waals surface area contributed by atoms with Gasteiger partial charge in [-0.05, 0) is 88.3 Å². The first-order chi connectivity index (χ1) is 22.8. The molecule has 3 aromatic carbocycles. The number of unbranched alkanes of at least 4 members (excludes halogenated alkanes) is 1. The second kappa shape index (κ2) is 18.7. The number of alkyl carbamates (subject to hydrolysis) is 1. The number of carbonyl (C=O) groups excluding carboxylic acids is 2. The third kappa shape index (κ3) is 12.4. The summed E-state index contributed by atoms with van der Waals surface area (Å²) in [4.78, 5) is 27.5. The van der Waals surface area contributed by atoms with Gasteiger partial charge in [0.15, 0.2) is 0 Å². The number of aliphatic hydroxyl groups excluding tert-OH is 1. The molecule has 2 amide bonds. The van der Waals surface area contributed by atoms with Crippen LogP contribution in [0.2, 0.25) is 0 Å². The summed E-state index contributed by atoms with van der Waals surface area (Å²) in [5.41, 5.74) is 7.49. The molecule has 0 saturated carbocycles. The highest BCUT2D eigenvalue weighted by Gasteiger charge is 2.34. The largest absolute Gasteiger partial charge is 0.444 e. The van der Waals surface area contributed by atoms with Gasteiger partial charge in [-0.2, -0.15) is 0 Å². The molecule has 0 aliphatic carbocycles. The first kappa shape index (κ1) is 38.7. The van der Waals surface area contributed by atoms with Crippen molar-refractivity contribution < 1.29 is 23.6 Å². The highest BCUT2D eigenvalue weighted by molar-refractivity contribution is 7.82. The summed E-state index contributed by atoms with van der Waals surface area (Å²) in [5.74, 6) is -0.385. The molecule has 0 aliphatic rings. The summed E-state index contributed by atoms with van der Waals surface area (Å²) in [5, 5.41) is 16.7. The van der Waals surface area contributed by atoms with Crippen LogP contribution in [0.4, 0.5) is 10.5 Å². The molecule has 0 fully saturated rings. The van der Waals surface area contributed by atoms with Gasteiger partial charge in [0.25, 0.3) is 0 Å². The molecule has 0 saturated heterocycles. The van der Waals surface area contributed by atoms with Crippen molar-refractivity contribution in [2.75, 3.05) is 18.8 Å². The number of rotatable bonds is 17. The van der Waals surface area contributed by atoms with Crippen LogP contribution in [0.25, 0.3) is 0 Å². The van der Waals surface area contributed by atoms with E-state index >= 15 is 0 Å². The average Bonchev–Trinajstić information content (AvgIpc) is 3.03. The number of nitrogens with two attached hydrogens (primary N) is 1. The van der Waals surface area contributed by atoms with Gasteiger partial charge >= 0.3 is 6.09 Å². The summed E-state index contributed by atoms with van der Waals surface area (Å²) >= 11 is 0. The van der Waals surface area contributed by atoms with Crippen molar-refractivity contribution in [3.8, 4) is 0 Å². The molecule has 9 nitrogen and oxygen atoms in total. The van der Waals surface area contributed by atoms with E-state index in [9.17, 15) is 18.9 Å². The van der Waals surface area contributed by atoms with Crippen LogP contribution in [0.3, 0.4) is 0 Å². The molecule has 4 atom stereocenters. The highest BCUT2D eigenvalue weighted by Crippen LogP contribution is 2.29. The summed E-state index contributed by atoms with van der Waals surface area (Å²) in [7, 11) is -1.48. The first-order valence-corrected chi connectivity index (χ1v) is 18.0. The number of nitrogen functional groups attached to an aromatic ring is 1. The van der Waals surface area contributed by atoms with E-state index in [-0.39, 0.29) is 11.9 Å². The molecule has 0 radical (unpaired) electrons. The van der Waals surface area contributed by atoms with E-state index in [1.807, 2.05) is 65.0 Å². The van der Waals surface area contributed by atoms with Gasteiger partial charge in [0.2, 0.25) is 5.91 Å². The lowest BCUT2D eigenvalue weighted by Gasteiger charge is -2.33. The quantitative estimate of drug-likeness (QED) is 0.0965. The smallest absolute Gasteiger partial charge is 0.408 e. The minimum Gasteiger partial charge on any atom is -0.444 e. The second-order valence-electron chi connectivity index (χ2n) is 13.7. The molecule has 10 heteroatoms. The summed E-state index contributed by atoms with van der Waals surface area (Å²) in [6.45, 7) is 12.2. The van der Waals surface area contributed by atoms with Crippen LogP contribution >= 0.6 is 0 Å². The van der Waals surface area contributed by atoms with Gasteiger partial charge in [-0.15, -0.1) is 0 Å². The molecule has 3 rings (SSSR count). The minimum atomic E-state index is -1.48. The third-order valence-electron chi connectivity index (χ3n) is 7.98. The minimum absolute atomic E-state index is 0.325. The van der Waals surface area contributed by atoms with E-state index in [1.165, 1.54) is 0 Å². The molecular formula is C38H54N4O5S. The number of amides is 2. The molecular weight excluding hydrogens is 625 g/mol. The normalized spacial score (nSPS) is 14.4. The highest BCUT2D eigenvalue weighted by atomic mass is 32.2. The van der Waals surface area contributed by atoms with Crippen LogP contribution in [0.1, 0.15) is 84.3 Å². The van der Waals surface area contributed by atoms with E-state index in [0.717, 1.165) is 17.5 Å². The maximum absolute atomic E-state index is 13.9. The lowest BCUT2D eigenvalue weighted by atomic mass is 9.84. The van der Waals surface area contributed by atoms with Crippen molar-refractivity contribution in [3.63, 3.8) is 0 Å². The fraction of sp³-hybridized carbons (Fsp3) is 0.474. The van der Waals surface area contributed by atoms with Gasteiger partial charge in [-0.25, -0.2) is 13.3 Å². The molecule has 0 spiro atoms. The Morgan fingerprint density at radius 3 is 1.94 bits per heavy atom. The van der Waals surface area contributed by atoms with Crippen LogP contribution in [0, 0.1) is 5.92 Å². The first-order valence-electron chi connectivity index (χ1n) is 16.9. The number of carbonyl (C=O) groups is 2. The van der Waals surface area contributed by atoms with Gasteiger partial charge in [0.05, 0.1) is 11.0 Å². The number of ether oxygens (including phenoxy) is 1. The van der Waals surface area contributed by atoms with Gasteiger partial charge in [-0.1, -0.05) is 80.9 Å². The number of hydrogen-bond acceptors (Lipinski definition) is 6. The number of benzene rings is 3. The SMILES string of the molecule is CC(C)CCN(C(CCCCNC(=O)C(NC(=O)OC(C)(C)C)C(c1ccccc1)c1ccccc1)C(C)O)S(=O)c1ccc(N)cc1. The Morgan fingerprint density at radius 1 is 0.875 bits per heavy atom. The van der Waals surface area contributed by atoms with E-state index in [2.05, 4.69) is 24.5 Å². The molecule has 262 valence electrons.